The maximum atomic E-state index is 13.5. The summed E-state index contributed by atoms with van der Waals surface area (Å²) >= 11 is 3.44. The number of aryl methyl sites for hydroxylation is 1. The molecule has 0 unspecified atom stereocenters. The Morgan fingerprint density at radius 2 is 1.83 bits per heavy atom. The zero-order chi connectivity index (χ0) is 24.6. The summed E-state index contributed by atoms with van der Waals surface area (Å²) in [4.78, 5) is 17.1. The van der Waals surface area contributed by atoms with E-state index in [-0.39, 0.29) is 10.8 Å². The van der Waals surface area contributed by atoms with Crippen LogP contribution >= 0.6 is 15.9 Å². The highest BCUT2D eigenvalue weighted by molar-refractivity contribution is 9.10. The molecule has 1 amide bonds. The van der Waals surface area contributed by atoms with Crippen LogP contribution < -0.4 is 5.32 Å². The van der Waals surface area contributed by atoms with Gasteiger partial charge >= 0.3 is 0 Å². The van der Waals surface area contributed by atoms with Crippen molar-refractivity contribution in [3.8, 4) is 11.1 Å². The predicted molar refractivity (Wildman–Crippen MR) is 137 cm³/mol. The third-order valence-electron chi connectivity index (χ3n) is 5.65. The lowest BCUT2D eigenvalue weighted by Gasteiger charge is -2.07. The third-order valence-corrected chi connectivity index (χ3v) is 7.75. The zero-order valence-corrected chi connectivity index (χ0v) is 21.0. The van der Waals surface area contributed by atoms with Gasteiger partial charge in [0.15, 0.2) is 5.65 Å². The molecule has 0 aliphatic heterocycles. The first-order chi connectivity index (χ1) is 16.8. The normalized spacial score (nSPS) is 11.6. The van der Waals surface area contributed by atoms with Crippen LogP contribution in [0.2, 0.25) is 0 Å². The molecular formula is C26H20BrN3O4S. The molecule has 176 valence electrons. The summed E-state index contributed by atoms with van der Waals surface area (Å²) in [7, 11) is -3.87. The number of carbonyl (C=O) groups is 1. The van der Waals surface area contributed by atoms with Gasteiger partial charge in [0.05, 0.1) is 17.4 Å². The Labute approximate surface area is 210 Å². The topological polar surface area (TPSA) is 94.2 Å². The molecule has 0 saturated carbocycles. The van der Waals surface area contributed by atoms with Gasteiger partial charge in [0, 0.05) is 45.5 Å². The Morgan fingerprint density at radius 3 is 2.51 bits per heavy atom. The first kappa shape index (κ1) is 23.1. The number of hydrogen-bond acceptors (Lipinski definition) is 5. The SMILES string of the molecule is Cc1ccc(S(=O)(=O)n2cc(-c3ccc(C(=O)NCc4ccoc4)cc3)c3cc(Br)cnc32)cc1. The Hall–Kier alpha value is -3.69. The van der Waals surface area contributed by atoms with Gasteiger partial charge in [-0.25, -0.2) is 17.4 Å². The molecule has 3 aromatic heterocycles. The fourth-order valence-corrected chi connectivity index (χ4v) is 5.43. The molecule has 0 atom stereocenters. The first-order valence-electron chi connectivity index (χ1n) is 10.7. The van der Waals surface area contributed by atoms with E-state index >= 15 is 0 Å². The lowest BCUT2D eigenvalue weighted by molar-refractivity contribution is 0.0951. The van der Waals surface area contributed by atoms with E-state index in [4.69, 9.17) is 4.42 Å². The minimum Gasteiger partial charge on any atom is -0.472 e. The zero-order valence-electron chi connectivity index (χ0n) is 18.6. The number of aromatic nitrogens is 2. The molecule has 0 aliphatic rings. The van der Waals surface area contributed by atoms with Crippen LogP contribution in [0.1, 0.15) is 21.5 Å². The van der Waals surface area contributed by atoms with E-state index in [1.807, 2.05) is 13.0 Å². The number of amides is 1. The summed E-state index contributed by atoms with van der Waals surface area (Å²) in [5.41, 5.74) is 4.11. The van der Waals surface area contributed by atoms with Gasteiger partial charge in [-0.05, 0) is 64.8 Å². The van der Waals surface area contributed by atoms with Crippen molar-refractivity contribution in [2.45, 2.75) is 18.4 Å². The molecule has 0 spiro atoms. The number of nitrogens with zero attached hydrogens (tertiary/aromatic N) is 2. The van der Waals surface area contributed by atoms with Crippen LogP contribution in [0.5, 0.6) is 0 Å². The van der Waals surface area contributed by atoms with Crippen LogP contribution in [0.3, 0.4) is 0 Å². The third kappa shape index (κ3) is 4.52. The lowest BCUT2D eigenvalue weighted by Crippen LogP contribution is -2.22. The minimum atomic E-state index is -3.87. The summed E-state index contributed by atoms with van der Waals surface area (Å²) in [6.07, 6.45) is 6.28. The summed E-state index contributed by atoms with van der Waals surface area (Å²) in [6, 6.07) is 17.3. The maximum absolute atomic E-state index is 13.5. The number of halogens is 1. The van der Waals surface area contributed by atoms with Crippen molar-refractivity contribution in [3.63, 3.8) is 0 Å². The van der Waals surface area contributed by atoms with Crippen molar-refractivity contribution in [3.05, 3.63) is 107 Å². The van der Waals surface area contributed by atoms with Crippen molar-refractivity contribution in [2.75, 3.05) is 0 Å². The van der Waals surface area contributed by atoms with E-state index < -0.39 is 10.0 Å². The maximum Gasteiger partial charge on any atom is 0.269 e. The molecule has 0 aliphatic carbocycles. The molecule has 1 N–H and O–H groups in total. The molecule has 0 saturated heterocycles. The predicted octanol–water partition coefficient (Wildman–Crippen LogP) is 5.53. The fraction of sp³-hybridized carbons (Fsp3) is 0.0769. The number of hydrogen-bond donors (Lipinski definition) is 1. The van der Waals surface area contributed by atoms with Gasteiger partial charge in [-0.1, -0.05) is 29.8 Å². The molecule has 7 nitrogen and oxygen atoms in total. The number of nitrogens with one attached hydrogen (secondary N) is 1. The average molecular weight is 550 g/mol. The van der Waals surface area contributed by atoms with E-state index in [2.05, 4.69) is 26.2 Å². The number of pyridine rings is 1. The molecule has 3 heterocycles. The lowest BCUT2D eigenvalue weighted by atomic mass is 10.0. The van der Waals surface area contributed by atoms with E-state index in [1.165, 1.54) is 3.97 Å². The summed E-state index contributed by atoms with van der Waals surface area (Å²) in [5.74, 6) is -0.216. The van der Waals surface area contributed by atoms with Crippen molar-refractivity contribution in [1.82, 2.24) is 14.3 Å². The Kier molecular flexibility index (Phi) is 6.04. The number of carbonyl (C=O) groups excluding carboxylic acids is 1. The Morgan fingerprint density at radius 1 is 1.09 bits per heavy atom. The van der Waals surface area contributed by atoms with Gasteiger partial charge < -0.3 is 9.73 Å². The van der Waals surface area contributed by atoms with E-state index in [0.29, 0.717) is 28.7 Å². The molecular weight excluding hydrogens is 530 g/mol. The smallest absolute Gasteiger partial charge is 0.269 e. The molecule has 35 heavy (non-hydrogen) atoms. The minimum absolute atomic E-state index is 0.181. The van der Waals surface area contributed by atoms with E-state index in [1.54, 1.807) is 79.5 Å². The highest BCUT2D eigenvalue weighted by Crippen LogP contribution is 2.33. The molecule has 2 aromatic carbocycles. The van der Waals surface area contributed by atoms with Crippen LogP contribution in [-0.2, 0) is 16.6 Å². The molecule has 9 heteroatoms. The van der Waals surface area contributed by atoms with E-state index in [0.717, 1.165) is 21.2 Å². The standard InChI is InChI=1S/C26H20BrN3O4S/c1-17-2-8-22(9-3-17)35(32,33)30-15-24(23-12-21(27)14-28-25(23)30)19-4-6-20(7-5-19)26(31)29-13-18-10-11-34-16-18/h2-12,14-16H,13H2,1H3,(H,29,31). The number of benzene rings is 2. The molecule has 0 bridgehead atoms. The quantitative estimate of drug-likeness (QED) is 0.300. The van der Waals surface area contributed by atoms with Crippen LogP contribution in [0.15, 0.2) is 99.4 Å². The van der Waals surface area contributed by atoms with Crippen LogP contribution in [-0.4, -0.2) is 23.3 Å². The molecule has 5 rings (SSSR count). The summed E-state index contributed by atoms with van der Waals surface area (Å²) in [6.45, 7) is 2.27. The highest BCUT2D eigenvalue weighted by Gasteiger charge is 2.23. The number of rotatable bonds is 6. The highest BCUT2D eigenvalue weighted by atomic mass is 79.9. The Balaban J connectivity index is 1.51. The second-order valence-corrected chi connectivity index (χ2v) is 10.8. The van der Waals surface area contributed by atoms with Gasteiger partial charge in [0.1, 0.15) is 0 Å². The molecule has 5 aromatic rings. The summed E-state index contributed by atoms with van der Waals surface area (Å²) < 4.78 is 33.9. The van der Waals surface area contributed by atoms with Gasteiger partial charge in [-0.3, -0.25) is 4.79 Å². The molecule has 0 fully saturated rings. The van der Waals surface area contributed by atoms with Crippen molar-refractivity contribution >= 4 is 42.9 Å². The van der Waals surface area contributed by atoms with Gasteiger partial charge in [-0.15, -0.1) is 0 Å². The van der Waals surface area contributed by atoms with Crippen LogP contribution in [0.4, 0.5) is 0 Å². The summed E-state index contributed by atoms with van der Waals surface area (Å²) in [5, 5.41) is 3.52. The second-order valence-electron chi connectivity index (χ2n) is 8.07. The van der Waals surface area contributed by atoms with Crippen molar-refractivity contribution in [2.24, 2.45) is 0 Å². The van der Waals surface area contributed by atoms with Crippen molar-refractivity contribution < 1.29 is 17.6 Å². The average Bonchev–Trinajstić information content (AvgIpc) is 3.51. The van der Waals surface area contributed by atoms with Crippen LogP contribution in [0.25, 0.3) is 22.2 Å². The Bertz CT molecular complexity index is 1620. The van der Waals surface area contributed by atoms with E-state index in [9.17, 15) is 13.2 Å². The largest absolute Gasteiger partial charge is 0.472 e. The van der Waals surface area contributed by atoms with Gasteiger partial charge in [-0.2, -0.15) is 0 Å². The number of fused-ring (bicyclic) bond motifs is 1. The molecule has 0 radical (unpaired) electrons. The fourth-order valence-electron chi connectivity index (χ4n) is 3.77. The second kappa shape index (κ2) is 9.16. The van der Waals surface area contributed by atoms with Gasteiger partial charge in [0.2, 0.25) is 0 Å². The van der Waals surface area contributed by atoms with Crippen molar-refractivity contribution in [1.29, 1.82) is 0 Å². The van der Waals surface area contributed by atoms with Crippen LogP contribution in [0, 0.1) is 6.92 Å². The first-order valence-corrected chi connectivity index (χ1v) is 12.9. The monoisotopic (exact) mass is 549 g/mol. The van der Waals surface area contributed by atoms with Gasteiger partial charge in [0.25, 0.3) is 15.9 Å². The number of furan rings is 1.